The van der Waals surface area contributed by atoms with Gasteiger partial charge in [0, 0.05) is 22.7 Å². The van der Waals surface area contributed by atoms with E-state index in [1.54, 1.807) is 18.9 Å². The highest BCUT2D eigenvalue weighted by molar-refractivity contribution is 8.93. The van der Waals surface area contributed by atoms with E-state index < -0.39 is 0 Å². The van der Waals surface area contributed by atoms with E-state index in [1.807, 2.05) is 42.0 Å². The lowest BCUT2D eigenvalue weighted by molar-refractivity contribution is 0.0606. The third-order valence-electron chi connectivity index (χ3n) is 3.37. The molecule has 1 N–H and O–H groups in total. The summed E-state index contributed by atoms with van der Waals surface area (Å²) in [6, 6.07) is 9.52. The highest BCUT2D eigenvalue weighted by Crippen LogP contribution is 2.39. The predicted octanol–water partition coefficient (Wildman–Crippen LogP) is 5.71. The number of methoxy groups -OCH3 is 2. The van der Waals surface area contributed by atoms with Crippen molar-refractivity contribution >= 4 is 68.2 Å². The van der Waals surface area contributed by atoms with E-state index in [2.05, 4.69) is 10.3 Å². The van der Waals surface area contributed by atoms with Gasteiger partial charge in [-0.15, -0.1) is 51.4 Å². The van der Waals surface area contributed by atoms with Crippen LogP contribution in [0.4, 0.5) is 10.8 Å². The van der Waals surface area contributed by atoms with Gasteiger partial charge in [-0.05, 0) is 24.5 Å². The van der Waals surface area contributed by atoms with Crippen molar-refractivity contribution in [2.75, 3.05) is 25.8 Å². The van der Waals surface area contributed by atoms with Crippen LogP contribution >= 0.6 is 51.4 Å². The molecule has 0 aliphatic carbocycles. The number of nitrogens with zero attached hydrogens (tertiary/aromatic N) is 1. The standard InChI is InChI=1S/C17H16N2O3S3.BrH/c1-21-11-6-4-5-10(7-11)18-17-19-13(9-24-17)12-8-14(15(20)22-2)25-16(12)23-3;/h4-9H,1-3H3,(H,18,19);1H. The van der Waals surface area contributed by atoms with Crippen molar-refractivity contribution in [3.63, 3.8) is 0 Å². The number of nitrogens with one attached hydrogen (secondary N) is 1. The number of hydrogen-bond acceptors (Lipinski definition) is 8. The average Bonchev–Trinajstić information content (AvgIpc) is 3.27. The minimum atomic E-state index is -0.323. The summed E-state index contributed by atoms with van der Waals surface area (Å²) >= 11 is 4.53. The summed E-state index contributed by atoms with van der Waals surface area (Å²) in [7, 11) is 3.03. The van der Waals surface area contributed by atoms with Gasteiger partial charge in [0.25, 0.3) is 0 Å². The van der Waals surface area contributed by atoms with Crippen molar-refractivity contribution in [3.8, 4) is 17.0 Å². The number of carbonyl (C=O) groups excluding carboxylic acids is 1. The van der Waals surface area contributed by atoms with Crippen LogP contribution in [0.1, 0.15) is 9.67 Å². The first-order chi connectivity index (χ1) is 12.1. The molecule has 0 amide bonds. The van der Waals surface area contributed by atoms with Gasteiger partial charge in [-0.25, -0.2) is 9.78 Å². The van der Waals surface area contributed by atoms with E-state index in [0.29, 0.717) is 4.88 Å². The molecule has 5 nitrogen and oxygen atoms in total. The number of ether oxygens (including phenoxy) is 2. The summed E-state index contributed by atoms with van der Waals surface area (Å²) in [4.78, 5) is 17.0. The Morgan fingerprint density at radius 3 is 2.77 bits per heavy atom. The monoisotopic (exact) mass is 472 g/mol. The molecule has 0 bridgehead atoms. The Labute approximate surface area is 174 Å². The zero-order valence-electron chi connectivity index (χ0n) is 14.3. The normalized spacial score (nSPS) is 10.1. The lowest BCUT2D eigenvalue weighted by Gasteiger charge is -2.04. The number of halogens is 1. The molecular formula is C17H17BrN2O3S3. The van der Waals surface area contributed by atoms with E-state index in [-0.39, 0.29) is 23.0 Å². The Morgan fingerprint density at radius 2 is 2.08 bits per heavy atom. The number of aromatic nitrogens is 1. The lowest BCUT2D eigenvalue weighted by Crippen LogP contribution is -1.96. The van der Waals surface area contributed by atoms with Crippen LogP contribution in [-0.2, 0) is 4.74 Å². The first kappa shape index (κ1) is 20.8. The van der Waals surface area contributed by atoms with Crippen molar-refractivity contribution in [3.05, 3.63) is 40.6 Å². The molecule has 138 valence electrons. The summed E-state index contributed by atoms with van der Waals surface area (Å²) in [5.74, 6) is 0.462. The van der Waals surface area contributed by atoms with Gasteiger partial charge >= 0.3 is 5.97 Å². The molecular weight excluding hydrogens is 456 g/mol. The average molecular weight is 473 g/mol. The molecule has 0 unspecified atom stereocenters. The molecule has 3 aromatic rings. The zero-order valence-corrected chi connectivity index (χ0v) is 18.4. The maximum atomic E-state index is 11.8. The van der Waals surface area contributed by atoms with Gasteiger partial charge in [0.15, 0.2) is 5.13 Å². The summed E-state index contributed by atoms with van der Waals surface area (Å²) in [6.07, 6.45) is 1.98. The Hall–Kier alpha value is -1.55. The van der Waals surface area contributed by atoms with Crippen molar-refractivity contribution in [1.29, 1.82) is 0 Å². The zero-order chi connectivity index (χ0) is 17.8. The highest BCUT2D eigenvalue weighted by Gasteiger charge is 2.18. The Kier molecular flexibility index (Phi) is 7.51. The lowest BCUT2D eigenvalue weighted by atomic mass is 10.2. The fourth-order valence-electron chi connectivity index (χ4n) is 2.18. The SMILES string of the molecule is Br.COC(=O)c1cc(-c2csc(Nc3cccc(OC)c3)n2)c(SC)s1. The smallest absolute Gasteiger partial charge is 0.348 e. The number of carbonyl (C=O) groups is 1. The van der Waals surface area contributed by atoms with Gasteiger partial charge in [-0.3, -0.25) is 0 Å². The second-order valence-electron chi connectivity index (χ2n) is 4.90. The van der Waals surface area contributed by atoms with E-state index in [9.17, 15) is 4.79 Å². The fourth-order valence-corrected chi connectivity index (χ4v) is 4.72. The van der Waals surface area contributed by atoms with E-state index in [4.69, 9.17) is 9.47 Å². The molecule has 9 heteroatoms. The van der Waals surface area contributed by atoms with Crippen LogP contribution in [-0.4, -0.2) is 31.4 Å². The molecule has 0 aliphatic rings. The van der Waals surface area contributed by atoms with Crippen LogP contribution in [0.25, 0.3) is 11.3 Å². The number of esters is 1. The van der Waals surface area contributed by atoms with Crippen LogP contribution in [0, 0.1) is 0 Å². The van der Waals surface area contributed by atoms with Gasteiger partial charge in [-0.1, -0.05) is 6.07 Å². The summed E-state index contributed by atoms with van der Waals surface area (Å²) in [5.41, 5.74) is 2.70. The predicted molar refractivity (Wildman–Crippen MR) is 115 cm³/mol. The number of rotatable bonds is 6. The van der Waals surface area contributed by atoms with Crippen molar-refractivity contribution in [2.24, 2.45) is 0 Å². The summed E-state index contributed by atoms with van der Waals surface area (Å²) in [6.45, 7) is 0. The van der Waals surface area contributed by atoms with Crippen LogP contribution in [0.15, 0.2) is 39.9 Å². The number of anilines is 2. The summed E-state index contributed by atoms with van der Waals surface area (Å²) < 4.78 is 11.1. The van der Waals surface area contributed by atoms with Gasteiger partial charge in [0.2, 0.25) is 0 Å². The Morgan fingerprint density at radius 1 is 1.27 bits per heavy atom. The molecule has 26 heavy (non-hydrogen) atoms. The third-order valence-corrected chi connectivity index (χ3v) is 6.38. The molecule has 0 atom stereocenters. The van der Waals surface area contributed by atoms with Gasteiger partial charge in [0.1, 0.15) is 10.6 Å². The molecule has 2 aromatic heterocycles. The second-order valence-corrected chi connectivity index (χ2v) is 7.89. The summed E-state index contributed by atoms with van der Waals surface area (Å²) in [5, 5.41) is 6.04. The molecule has 0 radical (unpaired) electrons. The first-order valence-corrected chi connectivity index (χ1v) is 10.2. The quantitative estimate of drug-likeness (QED) is 0.366. The van der Waals surface area contributed by atoms with E-state index in [0.717, 1.165) is 32.0 Å². The topological polar surface area (TPSA) is 60.5 Å². The Bertz CT molecular complexity index is 895. The third kappa shape index (κ3) is 4.59. The van der Waals surface area contributed by atoms with Gasteiger partial charge in [0.05, 0.1) is 24.1 Å². The Balaban J connectivity index is 0.00000243. The van der Waals surface area contributed by atoms with Crippen LogP contribution in [0.5, 0.6) is 5.75 Å². The minimum absolute atomic E-state index is 0. The number of thioether (sulfide) groups is 1. The number of hydrogen-bond donors (Lipinski definition) is 1. The molecule has 0 saturated heterocycles. The molecule has 0 spiro atoms. The molecule has 2 heterocycles. The maximum absolute atomic E-state index is 11.8. The van der Waals surface area contributed by atoms with E-state index >= 15 is 0 Å². The van der Waals surface area contributed by atoms with Crippen LogP contribution in [0.3, 0.4) is 0 Å². The molecule has 0 fully saturated rings. The van der Waals surface area contributed by atoms with Crippen molar-refractivity contribution in [1.82, 2.24) is 4.98 Å². The minimum Gasteiger partial charge on any atom is -0.497 e. The van der Waals surface area contributed by atoms with Crippen molar-refractivity contribution < 1.29 is 14.3 Å². The van der Waals surface area contributed by atoms with Gasteiger partial charge < -0.3 is 14.8 Å². The van der Waals surface area contributed by atoms with Gasteiger partial charge in [-0.2, -0.15) is 0 Å². The maximum Gasteiger partial charge on any atom is 0.348 e. The molecule has 3 rings (SSSR count). The molecule has 1 aromatic carbocycles. The number of thiazole rings is 1. The molecule has 0 saturated carbocycles. The second kappa shape index (κ2) is 9.40. The largest absolute Gasteiger partial charge is 0.497 e. The molecule has 0 aliphatic heterocycles. The number of benzene rings is 1. The fraction of sp³-hybridized carbons (Fsp3) is 0.176. The van der Waals surface area contributed by atoms with E-state index in [1.165, 1.54) is 29.8 Å². The number of thiophene rings is 1. The van der Waals surface area contributed by atoms with Crippen molar-refractivity contribution in [2.45, 2.75) is 4.21 Å². The first-order valence-electron chi connectivity index (χ1n) is 7.27. The van der Waals surface area contributed by atoms with Crippen LogP contribution in [0.2, 0.25) is 0 Å². The highest BCUT2D eigenvalue weighted by atomic mass is 79.9. The van der Waals surface area contributed by atoms with Crippen LogP contribution < -0.4 is 10.1 Å².